The van der Waals surface area contributed by atoms with E-state index >= 15 is 0 Å². The van der Waals surface area contributed by atoms with Gasteiger partial charge in [-0.3, -0.25) is 4.79 Å². The Balaban J connectivity index is 2.10. The first-order chi connectivity index (χ1) is 7.65. The monoisotopic (exact) mass is 300 g/mol. The highest BCUT2D eigenvalue weighted by atomic mass is 79.9. The second kappa shape index (κ2) is 4.49. The van der Waals surface area contributed by atoms with E-state index in [2.05, 4.69) is 41.4 Å². The van der Waals surface area contributed by atoms with Gasteiger partial charge in [0, 0.05) is 0 Å². The van der Waals surface area contributed by atoms with Crippen molar-refractivity contribution in [1.29, 1.82) is 0 Å². The number of amides is 1. The highest BCUT2D eigenvalue weighted by molar-refractivity contribution is 9.10. The Morgan fingerprint density at radius 1 is 1.38 bits per heavy atom. The topological polar surface area (TPSA) is 107 Å². The van der Waals surface area contributed by atoms with E-state index in [0.29, 0.717) is 10.4 Å². The number of hydrogen-bond donors (Lipinski definition) is 2. The van der Waals surface area contributed by atoms with Gasteiger partial charge < -0.3 is 11.1 Å². The number of rotatable bonds is 2. The van der Waals surface area contributed by atoms with Gasteiger partial charge in [0.25, 0.3) is 5.91 Å². The van der Waals surface area contributed by atoms with Gasteiger partial charge in [0.15, 0.2) is 5.82 Å². The second-order valence-corrected chi connectivity index (χ2v) is 4.45. The van der Waals surface area contributed by atoms with Gasteiger partial charge in [0.2, 0.25) is 10.1 Å². The van der Waals surface area contributed by atoms with E-state index < -0.39 is 5.91 Å². The van der Waals surface area contributed by atoms with Crippen LogP contribution >= 0.6 is 27.3 Å². The van der Waals surface area contributed by atoms with Crippen LogP contribution in [0.5, 0.6) is 0 Å². The fourth-order valence-corrected chi connectivity index (χ4v) is 1.58. The Hall–Kier alpha value is -1.61. The van der Waals surface area contributed by atoms with Gasteiger partial charge in [0.1, 0.15) is 4.60 Å². The molecule has 16 heavy (non-hydrogen) atoms. The molecule has 0 radical (unpaired) electrons. The molecule has 0 unspecified atom stereocenters. The summed E-state index contributed by atoms with van der Waals surface area (Å²) in [5, 5.41) is 10.1. The van der Waals surface area contributed by atoms with Gasteiger partial charge in [-0.2, -0.15) is 0 Å². The summed E-state index contributed by atoms with van der Waals surface area (Å²) < 4.78 is 0.589. The Kier molecular flexibility index (Phi) is 3.06. The molecular weight excluding hydrogens is 296 g/mol. The molecule has 2 aromatic heterocycles. The summed E-state index contributed by atoms with van der Waals surface area (Å²) in [5.74, 6) is -0.0761. The van der Waals surface area contributed by atoms with Crippen LogP contribution in [0.1, 0.15) is 9.80 Å². The first-order valence-electron chi connectivity index (χ1n) is 4.03. The van der Waals surface area contributed by atoms with Gasteiger partial charge in [-0.05, 0) is 15.9 Å². The number of halogens is 1. The van der Waals surface area contributed by atoms with Crippen molar-refractivity contribution in [3.05, 3.63) is 22.0 Å². The number of nitrogens with one attached hydrogen (secondary N) is 1. The van der Waals surface area contributed by atoms with Gasteiger partial charge in [-0.1, -0.05) is 11.3 Å². The average molecular weight is 301 g/mol. The number of nitrogen functional groups attached to an aromatic ring is 1. The van der Waals surface area contributed by atoms with E-state index in [1.165, 1.54) is 12.4 Å². The highest BCUT2D eigenvalue weighted by Gasteiger charge is 2.12. The van der Waals surface area contributed by atoms with E-state index in [1.807, 2.05) is 0 Å². The van der Waals surface area contributed by atoms with Gasteiger partial charge in [-0.15, -0.1) is 10.2 Å². The summed E-state index contributed by atoms with van der Waals surface area (Å²) >= 11 is 4.14. The quantitative estimate of drug-likeness (QED) is 0.854. The number of nitrogens with two attached hydrogens (primary N) is 1. The number of carbonyl (C=O) groups excluding carboxylic acids is 1. The molecule has 0 saturated carbocycles. The van der Waals surface area contributed by atoms with Crippen molar-refractivity contribution in [1.82, 2.24) is 20.2 Å². The molecule has 7 nitrogen and oxygen atoms in total. The van der Waals surface area contributed by atoms with Gasteiger partial charge in [0.05, 0.1) is 12.4 Å². The smallest absolute Gasteiger partial charge is 0.287 e. The molecule has 2 heterocycles. The van der Waals surface area contributed by atoms with Crippen LogP contribution in [0.15, 0.2) is 17.0 Å². The average Bonchev–Trinajstić information content (AvgIpc) is 2.68. The normalized spacial score (nSPS) is 10.1. The molecule has 3 N–H and O–H groups in total. The molecule has 0 aliphatic carbocycles. The Bertz CT molecular complexity index is 512. The van der Waals surface area contributed by atoms with Crippen LogP contribution < -0.4 is 11.1 Å². The Morgan fingerprint density at radius 3 is 2.75 bits per heavy atom. The SMILES string of the molecule is Nc1nnc(C(=O)Nc2cnc(Br)cn2)s1. The Labute approximate surface area is 102 Å². The third kappa shape index (κ3) is 2.49. The fraction of sp³-hybridized carbons (Fsp3) is 0. The number of carbonyl (C=O) groups is 1. The summed E-state index contributed by atoms with van der Waals surface area (Å²) in [6, 6.07) is 0. The van der Waals surface area contributed by atoms with E-state index in [4.69, 9.17) is 5.73 Å². The van der Waals surface area contributed by atoms with E-state index in [9.17, 15) is 4.79 Å². The predicted octanol–water partition coefficient (Wildman–Crippen LogP) is 0.925. The molecular formula is C7H5BrN6OS. The second-order valence-electron chi connectivity index (χ2n) is 2.62. The first-order valence-corrected chi connectivity index (χ1v) is 5.64. The van der Waals surface area contributed by atoms with Crippen LogP contribution in [0.3, 0.4) is 0 Å². The van der Waals surface area contributed by atoms with Crippen molar-refractivity contribution in [2.45, 2.75) is 0 Å². The minimum absolute atomic E-state index is 0.183. The third-order valence-electron chi connectivity index (χ3n) is 1.50. The molecule has 0 spiro atoms. The zero-order valence-electron chi connectivity index (χ0n) is 7.72. The lowest BCUT2D eigenvalue weighted by Gasteiger charge is -1.99. The molecule has 0 bridgehead atoms. The molecule has 82 valence electrons. The summed E-state index contributed by atoms with van der Waals surface area (Å²) in [5.41, 5.74) is 5.36. The summed E-state index contributed by atoms with van der Waals surface area (Å²) in [7, 11) is 0. The molecule has 0 aliphatic rings. The third-order valence-corrected chi connectivity index (χ3v) is 2.66. The maximum Gasteiger partial charge on any atom is 0.287 e. The van der Waals surface area contributed by atoms with E-state index in [-0.39, 0.29) is 10.1 Å². The summed E-state index contributed by atoms with van der Waals surface area (Å²) in [6.45, 7) is 0. The van der Waals surface area contributed by atoms with Crippen LogP contribution in [0.25, 0.3) is 0 Å². The minimum atomic E-state index is -0.411. The Morgan fingerprint density at radius 2 is 2.19 bits per heavy atom. The van der Waals surface area contributed by atoms with Crippen LogP contribution in [0.4, 0.5) is 10.9 Å². The van der Waals surface area contributed by atoms with Gasteiger partial charge >= 0.3 is 0 Å². The minimum Gasteiger partial charge on any atom is -0.374 e. The van der Waals surface area contributed by atoms with Gasteiger partial charge in [-0.25, -0.2) is 9.97 Å². The van der Waals surface area contributed by atoms with Crippen molar-refractivity contribution >= 4 is 44.1 Å². The number of nitrogens with zero attached hydrogens (tertiary/aromatic N) is 4. The lowest BCUT2D eigenvalue weighted by Crippen LogP contribution is -2.12. The van der Waals surface area contributed by atoms with E-state index in [1.54, 1.807) is 0 Å². The zero-order valence-corrected chi connectivity index (χ0v) is 10.1. The molecule has 2 rings (SSSR count). The summed E-state index contributed by atoms with van der Waals surface area (Å²) in [4.78, 5) is 19.4. The van der Waals surface area contributed by atoms with Crippen molar-refractivity contribution in [2.24, 2.45) is 0 Å². The largest absolute Gasteiger partial charge is 0.374 e. The maximum absolute atomic E-state index is 11.6. The molecule has 2 aromatic rings. The lowest BCUT2D eigenvalue weighted by atomic mass is 10.6. The molecule has 1 amide bonds. The molecule has 9 heteroatoms. The number of anilines is 2. The van der Waals surface area contributed by atoms with Crippen LogP contribution in [0.2, 0.25) is 0 Å². The highest BCUT2D eigenvalue weighted by Crippen LogP contribution is 2.13. The molecule has 0 aromatic carbocycles. The summed E-state index contributed by atoms with van der Waals surface area (Å²) in [6.07, 6.45) is 2.90. The number of aromatic nitrogens is 4. The van der Waals surface area contributed by atoms with E-state index in [0.717, 1.165) is 11.3 Å². The van der Waals surface area contributed by atoms with Crippen molar-refractivity contribution < 1.29 is 4.79 Å². The van der Waals surface area contributed by atoms with Crippen LogP contribution in [0, 0.1) is 0 Å². The fourth-order valence-electron chi connectivity index (χ4n) is 0.873. The van der Waals surface area contributed by atoms with Crippen molar-refractivity contribution in [3.63, 3.8) is 0 Å². The van der Waals surface area contributed by atoms with Crippen LogP contribution in [-0.2, 0) is 0 Å². The molecule has 0 atom stereocenters. The molecule has 0 aliphatic heterocycles. The molecule has 0 fully saturated rings. The first kappa shape index (κ1) is 10.9. The lowest BCUT2D eigenvalue weighted by molar-refractivity contribution is 0.102. The maximum atomic E-state index is 11.6. The standard InChI is InChI=1S/C7H5BrN6OS/c8-3-1-11-4(2-10-3)12-5(15)6-13-14-7(9)16-6/h1-2H,(H2,9,14)(H,11,12,15). The molecule has 0 saturated heterocycles. The predicted molar refractivity (Wildman–Crippen MR) is 62.0 cm³/mol. The van der Waals surface area contributed by atoms with Crippen LogP contribution in [-0.4, -0.2) is 26.1 Å². The number of hydrogen-bond acceptors (Lipinski definition) is 7. The van der Waals surface area contributed by atoms with Crippen molar-refractivity contribution in [2.75, 3.05) is 11.1 Å². The van der Waals surface area contributed by atoms with Crippen molar-refractivity contribution in [3.8, 4) is 0 Å². The zero-order chi connectivity index (χ0) is 11.5.